The summed E-state index contributed by atoms with van der Waals surface area (Å²) in [4.78, 5) is 10.4. The van der Waals surface area contributed by atoms with E-state index in [0.29, 0.717) is 17.6 Å². The number of hydrogen-bond acceptors (Lipinski definition) is 4. The van der Waals surface area contributed by atoms with Gasteiger partial charge >= 0.3 is 0 Å². The lowest BCUT2D eigenvalue weighted by Gasteiger charge is -2.06. The van der Waals surface area contributed by atoms with Crippen LogP contribution in [0.25, 0.3) is 0 Å². The summed E-state index contributed by atoms with van der Waals surface area (Å²) in [5, 5.41) is 23.2. The molecule has 2 aromatic carbocycles. The van der Waals surface area contributed by atoms with Crippen molar-refractivity contribution in [2.75, 3.05) is 0 Å². The van der Waals surface area contributed by atoms with E-state index in [-0.39, 0.29) is 11.4 Å². The second-order valence-corrected chi connectivity index (χ2v) is 5.26. The Kier molecular flexibility index (Phi) is 4.70. The van der Waals surface area contributed by atoms with Gasteiger partial charge in [-0.05, 0) is 29.3 Å². The Morgan fingerprint density at radius 3 is 2.40 bits per heavy atom. The summed E-state index contributed by atoms with van der Waals surface area (Å²) < 4.78 is 0.688. The molecule has 6 heteroatoms. The standard InChI is InChI=1S/C14H13BrN2O3/c15-12-5-11(6-13(7-12)17(19)20)9-16-8-10-1-3-14(18)4-2-10/h1-7,16,18H,8-9H2. The third kappa shape index (κ3) is 4.04. The normalized spacial score (nSPS) is 10.4. The highest BCUT2D eigenvalue weighted by Gasteiger charge is 2.08. The molecule has 20 heavy (non-hydrogen) atoms. The van der Waals surface area contributed by atoms with E-state index in [1.165, 1.54) is 6.07 Å². The van der Waals surface area contributed by atoms with Gasteiger partial charge in [-0.2, -0.15) is 0 Å². The topological polar surface area (TPSA) is 75.4 Å². The number of nitro benzene ring substituents is 1. The van der Waals surface area contributed by atoms with E-state index in [1.807, 2.05) is 18.2 Å². The van der Waals surface area contributed by atoms with E-state index in [2.05, 4.69) is 21.2 Å². The van der Waals surface area contributed by atoms with E-state index < -0.39 is 4.92 Å². The van der Waals surface area contributed by atoms with Gasteiger partial charge in [-0.25, -0.2) is 0 Å². The highest BCUT2D eigenvalue weighted by atomic mass is 79.9. The molecule has 0 aliphatic carbocycles. The molecule has 0 fully saturated rings. The minimum Gasteiger partial charge on any atom is -0.508 e. The maximum atomic E-state index is 10.8. The van der Waals surface area contributed by atoms with E-state index in [9.17, 15) is 15.2 Å². The molecule has 2 aromatic rings. The molecule has 0 heterocycles. The fourth-order valence-corrected chi connectivity index (χ4v) is 2.33. The van der Waals surface area contributed by atoms with Crippen molar-refractivity contribution >= 4 is 21.6 Å². The molecule has 0 saturated carbocycles. The zero-order valence-electron chi connectivity index (χ0n) is 10.5. The summed E-state index contributed by atoms with van der Waals surface area (Å²) in [6.45, 7) is 1.15. The molecule has 2 rings (SSSR count). The Morgan fingerprint density at radius 2 is 1.75 bits per heavy atom. The van der Waals surface area contributed by atoms with Crippen molar-refractivity contribution < 1.29 is 10.0 Å². The van der Waals surface area contributed by atoms with Crippen LogP contribution in [-0.4, -0.2) is 10.0 Å². The van der Waals surface area contributed by atoms with Crippen molar-refractivity contribution in [3.63, 3.8) is 0 Å². The number of nitrogens with zero attached hydrogens (tertiary/aromatic N) is 1. The van der Waals surface area contributed by atoms with Crippen molar-refractivity contribution in [2.45, 2.75) is 13.1 Å². The van der Waals surface area contributed by atoms with Gasteiger partial charge in [0.1, 0.15) is 5.75 Å². The van der Waals surface area contributed by atoms with Crippen LogP contribution in [0.4, 0.5) is 5.69 Å². The van der Waals surface area contributed by atoms with Gasteiger partial charge in [0.25, 0.3) is 5.69 Å². The molecule has 0 aliphatic rings. The quantitative estimate of drug-likeness (QED) is 0.648. The van der Waals surface area contributed by atoms with Crippen molar-refractivity contribution in [3.05, 3.63) is 68.2 Å². The second kappa shape index (κ2) is 6.49. The van der Waals surface area contributed by atoms with Crippen molar-refractivity contribution in [2.24, 2.45) is 0 Å². The Hall–Kier alpha value is -1.92. The van der Waals surface area contributed by atoms with Gasteiger partial charge in [-0.1, -0.05) is 28.1 Å². The maximum Gasteiger partial charge on any atom is 0.270 e. The third-order valence-electron chi connectivity index (χ3n) is 2.75. The number of phenolic OH excluding ortho intramolecular Hbond substituents is 1. The minimum absolute atomic E-state index is 0.0702. The summed E-state index contributed by atoms with van der Waals surface area (Å²) in [5.41, 5.74) is 1.94. The van der Waals surface area contributed by atoms with E-state index in [0.717, 1.165) is 11.1 Å². The number of aromatic hydroxyl groups is 1. The van der Waals surface area contributed by atoms with Crippen LogP contribution in [0.1, 0.15) is 11.1 Å². The summed E-state index contributed by atoms with van der Waals surface area (Å²) in [6.07, 6.45) is 0. The molecule has 0 bridgehead atoms. The van der Waals surface area contributed by atoms with Crippen LogP contribution >= 0.6 is 15.9 Å². The van der Waals surface area contributed by atoms with Gasteiger partial charge in [0.05, 0.1) is 4.92 Å². The van der Waals surface area contributed by atoms with E-state index >= 15 is 0 Å². The monoisotopic (exact) mass is 336 g/mol. The van der Waals surface area contributed by atoms with Crippen molar-refractivity contribution in [1.29, 1.82) is 0 Å². The van der Waals surface area contributed by atoms with Crippen LogP contribution in [0.15, 0.2) is 46.9 Å². The van der Waals surface area contributed by atoms with Crippen LogP contribution in [-0.2, 0) is 13.1 Å². The maximum absolute atomic E-state index is 10.8. The van der Waals surface area contributed by atoms with Crippen LogP contribution in [0.5, 0.6) is 5.75 Å². The first-order valence-electron chi connectivity index (χ1n) is 5.97. The molecule has 5 nitrogen and oxygen atoms in total. The highest BCUT2D eigenvalue weighted by molar-refractivity contribution is 9.10. The molecule has 0 aliphatic heterocycles. The van der Waals surface area contributed by atoms with Gasteiger partial charge < -0.3 is 10.4 Å². The molecule has 2 N–H and O–H groups in total. The number of halogens is 1. The fourth-order valence-electron chi connectivity index (χ4n) is 1.81. The summed E-state index contributed by atoms with van der Waals surface area (Å²) in [6, 6.07) is 11.8. The van der Waals surface area contributed by atoms with E-state index in [4.69, 9.17) is 0 Å². The largest absolute Gasteiger partial charge is 0.508 e. The number of non-ortho nitro benzene ring substituents is 1. The SMILES string of the molecule is O=[N+]([O-])c1cc(Br)cc(CNCc2ccc(O)cc2)c1. The van der Waals surface area contributed by atoms with Crippen LogP contribution in [0.2, 0.25) is 0 Å². The average molecular weight is 337 g/mol. The second-order valence-electron chi connectivity index (χ2n) is 4.34. The number of benzene rings is 2. The average Bonchev–Trinajstić information content (AvgIpc) is 2.40. The molecule has 0 saturated heterocycles. The minimum atomic E-state index is -0.408. The smallest absolute Gasteiger partial charge is 0.270 e. The van der Waals surface area contributed by atoms with Gasteiger partial charge in [0.2, 0.25) is 0 Å². The number of phenols is 1. The van der Waals surface area contributed by atoms with Gasteiger partial charge in [0.15, 0.2) is 0 Å². The summed E-state index contributed by atoms with van der Waals surface area (Å²) >= 11 is 3.27. The predicted octanol–water partition coefficient (Wildman–Crippen LogP) is 3.35. The lowest BCUT2D eigenvalue weighted by Crippen LogP contribution is -2.12. The van der Waals surface area contributed by atoms with Crippen LogP contribution in [0.3, 0.4) is 0 Å². The van der Waals surface area contributed by atoms with Crippen molar-refractivity contribution in [1.82, 2.24) is 5.32 Å². The van der Waals surface area contributed by atoms with Crippen molar-refractivity contribution in [3.8, 4) is 5.75 Å². The van der Waals surface area contributed by atoms with Gasteiger partial charge in [-0.15, -0.1) is 0 Å². The Labute approximate surface area is 124 Å². The molecule has 0 spiro atoms. The van der Waals surface area contributed by atoms with Crippen LogP contribution < -0.4 is 5.32 Å². The zero-order chi connectivity index (χ0) is 14.5. The van der Waals surface area contributed by atoms with Gasteiger partial charge in [-0.3, -0.25) is 10.1 Å². The number of nitrogens with one attached hydrogen (secondary N) is 1. The first-order valence-corrected chi connectivity index (χ1v) is 6.76. The lowest BCUT2D eigenvalue weighted by molar-refractivity contribution is -0.385. The molecule has 104 valence electrons. The third-order valence-corrected chi connectivity index (χ3v) is 3.21. The Balaban J connectivity index is 1.97. The first-order chi connectivity index (χ1) is 9.54. The Bertz CT molecular complexity index is 614. The highest BCUT2D eigenvalue weighted by Crippen LogP contribution is 2.21. The first kappa shape index (κ1) is 14.5. The molecule has 0 radical (unpaired) electrons. The van der Waals surface area contributed by atoms with E-state index in [1.54, 1.807) is 18.2 Å². The molecular weight excluding hydrogens is 324 g/mol. The predicted molar refractivity (Wildman–Crippen MR) is 79.4 cm³/mol. The molecular formula is C14H13BrN2O3. The Morgan fingerprint density at radius 1 is 1.10 bits per heavy atom. The molecule has 0 amide bonds. The molecule has 0 unspecified atom stereocenters. The van der Waals surface area contributed by atoms with Crippen LogP contribution in [0, 0.1) is 10.1 Å². The lowest BCUT2D eigenvalue weighted by atomic mass is 10.2. The number of rotatable bonds is 5. The number of hydrogen-bond donors (Lipinski definition) is 2. The van der Waals surface area contributed by atoms with Gasteiger partial charge in [0, 0.05) is 29.7 Å². The fraction of sp³-hybridized carbons (Fsp3) is 0.143. The summed E-state index contributed by atoms with van der Waals surface area (Å²) in [7, 11) is 0. The zero-order valence-corrected chi connectivity index (χ0v) is 12.1. The molecule has 0 aromatic heterocycles. The number of nitro groups is 1. The molecule has 0 atom stereocenters. The summed E-state index contributed by atoms with van der Waals surface area (Å²) in [5.74, 6) is 0.233.